The van der Waals surface area contributed by atoms with Gasteiger partial charge in [0.25, 0.3) is 0 Å². The molecule has 4 nitrogen and oxygen atoms in total. The fourth-order valence-corrected chi connectivity index (χ4v) is 2.15. The molecule has 0 aliphatic rings. The molecule has 6 heteroatoms. The van der Waals surface area contributed by atoms with Gasteiger partial charge in [-0.25, -0.2) is 0 Å². The first-order valence-electron chi connectivity index (χ1n) is 4.38. The molecule has 2 aromatic rings. The zero-order valence-electron chi connectivity index (χ0n) is 7.80. The third-order valence-electron chi connectivity index (χ3n) is 1.98. The highest BCUT2D eigenvalue weighted by atomic mass is 79.9. The lowest BCUT2D eigenvalue weighted by Gasteiger charge is -2.07. The van der Waals surface area contributed by atoms with E-state index >= 15 is 0 Å². The van der Waals surface area contributed by atoms with E-state index in [0.29, 0.717) is 0 Å². The minimum atomic E-state index is -0.111. The van der Waals surface area contributed by atoms with Crippen LogP contribution in [0.1, 0.15) is 17.3 Å². The second-order valence-corrected chi connectivity index (χ2v) is 4.63. The predicted octanol–water partition coefficient (Wildman–Crippen LogP) is 1.94. The maximum absolute atomic E-state index is 5.98. The van der Waals surface area contributed by atoms with E-state index in [1.165, 1.54) is 11.7 Å². The smallest absolute Gasteiger partial charge is 0.0913 e. The van der Waals surface area contributed by atoms with E-state index < -0.39 is 0 Å². The van der Waals surface area contributed by atoms with E-state index in [-0.39, 0.29) is 6.04 Å². The number of nitrogens with zero attached hydrogens (tertiary/aromatic N) is 3. The van der Waals surface area contributed by atoms with Gasteiger partial charge in [-0.15, -0.1) is 0 Å². The minimum Gasteiger partial charge on any atom is -0.322 e. The molecule has 2 N–H and O–H groups in total. The average molecular weight is 285 g/mol. The molecular weight excluding hydrogens is 276 g/mol. The predicted molar refractivity (Wildman–Crippen MR) is 62.5 cm³/mol. The van der Waals surface area contributed by atoms with Crippen LogP contribution in [0.5, 0.6) is 0 Å². The molecule has 0 aliphatic carbocycles. The highest BCUT2D eigenvalue weighted by Gasteiger charge is 2.10. The Kier molecular flexibility index (Phi) is 3.40. The fraction of sp³-hybridized carbons (Fsp3) is 0.222. The normalized spacial score (nSPS) is 12.7. The molecule has 0 radical (unpaired) electrons. The van der Waals surface area contributed by atoms with Crippen LogP contribution in [-0.4, -0.2) is 13.7 Å². The molecule has 2 aromatic heterocycles. The number of hydrogen-bond acceptors (Lipinski definition) is 5. The zero-order valence-corrected chi connectivity index (χ0v) is 10.2. The van der Waals surface area contributed by atoms with Crippen molar-refractivity contribution in [1.29, 1.82) is 0 Å². The summed E-state index contributed by atoms with van der Waals surface area (Å²) in [5, 5.41) is 0. The molecule has 1 unspecified atom stereocenters. The van der Waals surface area contributed by atoms with Crippen LogP contribution in [0.2, 0.25) is 0 Å². The number of pyridine rings is 1. The maximum atomic E-state index is 5.98. The minimum absolute atomic E-state index is 0.111. The summed E-state index contributed by atoms with van der Waals surface area (Å²) in [5.74, 6) is 0. The van der Waals surface area contributed by atoms with E-state index in [2.05, 4.69) is 29.7 Å². The van der Waals surface area contributed by atoms with Gasteiger partial charge in [0, 0.05) is 16.9 Å². The van der Waals surface area contributed by atoms with E-state index in [9.17, 15) is 0 Å². The average Bonchev–Trinajstić information content (AvgIpc) is 2.70. The van der Waals surface area contributed by atoms with E-state index in [1.807, 2.05) is 12.3 Å². The summed E-state index contributed by atoms with van der Waals surface area (Å²) in [5.41, 5.74) is 7.90. The van der Waals surface area contributed by atoms with Crippen LogP contribution >= 0.6 is 27.7 Å². The third kappa shape index (κ3) is 2.80. The molecule has 78 valence electrons. The molecule has 1 atom stereocenters. The van der Waals surface area contributed by atoms with Crippen LogP contribution in [0, 0.1) is 0 Å². The molecule has 0 saturated heterocycles. The summed E-state index contributed by atoms with van der Waals surface area (Å²) < 4.78 is 9.00. The van der Waals surface area contributed by atoms with Crippen molar-refractivity contribution in [3.05, 3.63) is 40.4 Å². The van der Waals surface area contributed by atoms with Gasteiger partial charge in [0.05, 0.1) is 29.7 Å². The van der Waals surface area contributed by atoms with Crippen LogP contribution in [0.25, 0.3) is 0 Å². The SMILES string of the molecule is NC(Cc1cncc(Br)c1)c1cnsn1. The number of hydrogen-bond donors (Lipinski definition) is 1. The molecule has 0 spiro atoms. The maximum Gasteiger partial charge on any atom is 0.0913 e. The standard InChI is InChI=1S/C9H9BrN4S/c10-7-1-6(3-12-4-7)2-8(11)9-5-13-15-14-9/h1,3-5,8H,2,11H2. The highest BCUT2D eigenvalue weighted by molar-refractivity contribution is 9.10. The Balaban J connectivity index is 2.09. The van der Waals surface area contributed by atoms with Crippen molar-refractivity contribution >= 4 is 27.7 Å². The van der Waals surface area contributed by atoms with Gasteiger partial charge in [-0.2, -0.15) is 8.75 Å². The van der Waals surface area contributed by atoms with Gasteiger partial charge in [-0.1, -0.05) is 0 Å². The summed E-state index contributed by atoms with van der Waals surface area (Å²) >= 11 is 4.55. The van der Waals surface area contributed by atoms with Crippen LogP contribution in [0.3, 0.4) is 0 Å². The van der Waals surface area contributed by atoms with Crippen molar-refractivity contribution in [2.24, 2.45) is 5.73 Å². The molecule has 0 aliphatic heterocycles. The number of halogens is 1. The van der Waals surface area contributed by atoms with Crippen molar-refractivity contribution < 1.29 is 0 Å². The van der Waals surface area contributed by atoms with Gasteiger partial charge >= 0.3 is 0 Å². The number of nitrogens with two attached hydrogens (primary N) is 1. The van der Waals surface area contributed by atoms with Crippen molar-refractivity contribution in [1.82, 2.24) is 13.7 Å². The molecule has 15 heavy (non-hydrogen) atoms. The second kappa shape index (κ2) is 4.78. The molecule has 0 bridgehead atoms. The van der Waals surface area contributed by atoms with Gasteiger partial charge in [0.2, 0.25) is 0 Å². The fourth-order valence-electron chi connectivity index (χ4n) is 1.26. The Hall–Kier alpha value is -0.850. The van der Waals surface area contributed by atoms with Crippen molar-refractivity contribution in [2.75, 3.05) is 0 Å². The molecule has 0 fully saturated rings. The Labute approximate surface area is 100 Å². The monoisotopic (exact) mass is 284 g/mol. The molecular formula is C9H9BrN4S. The molecule has 2 rings (SSSR count). The number of aromatic nitrogens is 3. The van der Waals surface area contributed by atoms with Crippen molar-refractivity contribution in [3.8, 4) is 0 Å². The highest BCUT2D eigenvalue weighted by Crippen LogP contribution is 2.16. The Morgan fingerprint density at radius 1 is 1.40 bits per heavy atom. The molecule has 0 aromatic carbocycles. The van der Waals surface area contributed by atoms with Crippen molar-refractivity contribution in [3.63, 3.8) is 0 Å². The third-order valence-corrected chi connectivity index (χ3v) is 2.90. The summed E-state index contributed by atoms with van der Waals surface area (Å²) in [6.45, 7) is 0. The Morgan fingerprint density at radius 3 is 2.93 bits per heavy atom. The van der Waals surface area contributed by atoms with E-state index in [0.717, 1.165) is 22.2 Å². The topological polar surface area (TPSA) is 64.7 Å². The summed E-state index contributed by atoms with van der Waals surface area (Å²) in [6.07, 6.45) is 5.99. The molecule has 0 amide bonds. The van der Waals surface area contributed by atoms with E-state index in [1.54, 1.807) is 12.4 Å². The summed E-state index contributed by atoms with van der Waals surface area (Å²) in [6, 6.07) is 1.90. The molecule has 0 saturated carbocycles. The van der Waals surface area contributed by atoms with Crippen LogP contribution in [0.15, 0.2) is 29.1 Å². The van der Waals surface area contributed by atoms with Gasteiger partial charge in [-0.3, -0.25) is 4.98 Å². The largest absolute Gasteiger partial charge is 0.322 e. The van der Waals surface area contributed by atoms with Gasteiger partial charge in [-0.05, 0) is 34.0 Å². The van der Waals surface area contributed by atoms with Crippen LogP contribution in [0.4, 0.5) is 0 Å². The van der Waals surface area contributed by atoms with Crippen molar-refractivity contribution in [2.45, 2.75) is 12.5 Å². The Bertz CT molecular complexity index is 431. The van der Waals surface area contributed by atoms with Crippen LogP contribution < -0.4 is 5.73 Å². The molecule has 2 heterocycles. The van der Waals surface area contributed by atoms with Gasteiger partial charge in [0.15, 0.2) is 0 Å². The first-order chi connectivity index (χ1) is 7.25. The second-order valence-electron chi connectivity index (χ2n) is 3.15. The van der Waals surface area contributed by atoms with Crippen LogP contribution in [-0.2, 0) is 6.42 Å². The lowest BCUT2D eigenvalue weighted by Crippen LogP contribution is -2.13. The van der Waals surface area contributed by atoms with Gasteiger partial charge in [0.1, 0.15) is 0 Å². The van der Waals surface area contributed by atoms with Gasteiger partial charge < -0.3 is 5.73 Å². The first-order valence-corrected chi connectivity index (χ1v) is 5.90. The lowest BCUT2D eigenvalue weighted by molar-refractivity contribution is 0.702. The summed E-state index contributed by atoms with van der Waals surface area (Å²) in [4.78, 5) is 4.08. The lowest BCUT2D eigenvalue weighted by atomic mass is 10.1. The first kappa shape index (κ1) is 10.7. The zero-order chi connectivity index (χ0) is 10.7. The Morgan fingerprint density at radius 2 is 2.27 bits per heavy atom. The number of rotatable bonds is 3. The van der Waals surface area contributed by atoms with E-state index in [4.69, 9.17) is 5.73 Å². The summed E-state index contributed by atoms with van der Waals surface area (Å²) in [7, 11) is 0. The quantitative estimate of drug-likeness (QED) is 0.936.